The van der Waals surface area contributed by atoms with Crippen LogP contribution < -0.4 is 5.32 Å². The summed E-state index contributed by atoms with van der Waals surface area (Å²) in [4.78, 5) is 12.9. The van der Waals surface area contributed by atoms with E-state index in [-0.39, 0.29) is 5.91 Å². The van der Waals surface area contributed by atoms with Gasteiger partial charge in [-0.2, -0.15) is 5.26 Å². The van der Waals surface area contributed by atoms with E-state index in [4.69, 9.17) is 5.26 Å². The molecule has 4 heteroatoms. The van der Waals surface area contributed by atoms with Crippen LogP contribution in [0.15, 0.2) is 18.2 Å². The van der Waals surface area contributed by atoms with Crippen molar-refractivity contribution < 1.29 is 4.79 Å². The van der Waals surface area contributed by atoms with E-state index in [0.29, 0.717) is 18.5 Å². The van der Waals surface area contributed by atoms with Gasteiger partial charge in [-0.3, -0.25) is 4.79 Å². The first-order valence-electron chi connectivity index (χ1n) is 5.95. The maximum absolute atomic E-state index is 11.4. The van der Waals surface area contributed by atoms with E-state index in [1.807, 2.05) is 25.1 Å². The topological polar surface area (TPSA) is 56.1 Å². The molecule has 1 amide bonds. The fourth-order valence-electron chi connectivity index (χ4n) is 1.61. The lowest BCUT2D eigenvalue weighted by Gasteiger charge is -2.11. The molecule has 0 saturated carbocycles. The Hall–Kier alpha value is -1.86. The lowest BCUT2D eigenvalue weighted by molar-refractivity contribution is -0.128. The fraction of sp³-hybridized carbons (Fsp3) is 0.429. The lowest BCUT2D eigenvalue weighted by Crippen LogP contribution is -2.26. The van der Waals surface area contributed by atoms with Crippen molar-refractivity contribution in [1.29, 1.82) is 5.26 Å². The Balaban J connectivity index is 2.41. The SMILES string of the molecule is Cc1cc(C#N)ccc1CNCCC(=O)N(C)C. The molecule has 0 radical (unpaired) electrons. The van der Waals surface area contributed by atoms with E-state index < -0.39 is 0 Å². The first-order chi connectivity index (χ1) is 8.54. The summed E-state index contributed by atoms with van der Waals surface area (Å²) in [6.45, 7) is 3.37. The van der Waals surface area contributed by atoms with Gasteiger partial charge in [0.25, 0.3) is 0 Å². The number of nitrogens with one attached hydrogen (secondary N) is 1. The Morgan fingerprint density at radius 3 is 2.72 bits per heavy atom. The van der Waals surface area contributed by atoms with Gasteiger partial charge in [-0.15, -0.1) is 0 Å². The Labute approximate surface area is 108 Å². The Kier molecular flexibility index (Phi) is 5.34. The van der Waals surface area contributed by atoms with Gasteiger partial charge in [0.05, 0.1) is 11.6 Å². The number of amides is 1. The minimum Gasteiger partial charge on any atom is -0.349 e. The third-order valence-corrected chi connectivity index (χ3v) is 2.80. The van der Waals surface area contributed by atoms with Crippen LogP contribution in [0.4, 0.5) is 0 Å². The van der Waals surface area contributed by atoms with E-state index in [0.717, 1.165) is 17.7 Å². The quantitative estimate of drug-likeness (QED) is 0.798. The summed E-state index contributed by atoms with van der Waals surface area (Å²) in [5, 5.41) is 12.0. The third-order valence-electron chi connectivity index (χ3n) is 2.80. The molecule has 0 aliphatic heterocycles. The van der Waals surface area contributed by atoms with Gasteiger partial charge in [0.15, 0.2) is 0 Å². The van der Waals surface area contributed by atoms with Crippen LogP contribution in [-0.2, 0) is 11.3 Å². The number of benzene rings is 1. The summed E-state index contributed by atoms with van der Waals surface area (Å²) in [5.74, 6) is 0.124. The normalized spacial score (nSPS) is 9.89. The van der Waals surface area contributed by atoms with Crippen molar-refractivity contribution in [2.75, 3.05) is 20.6 Å². The van der Waals surface area contributed by atoms with Crippen LogP contribution in [0.1, 0.15) is 23.1 Å². The average molecular weight is 245 g/mol. The van der Waals surface area contributed by atoms with Crippen molar-refractivity contribution >= 4 is 5.91 Å². The van der Waals surface area contributed by atoms with Crippen molar-refractivity contribution in [3.63, 3.8) is 0 Å². The van der Waals surface area contributed by atoms with Gasteiger partial charge >= 0.3 is 0 Å². The highest BCUT2D eigenvalue weighted by molar-refractivity contribution is 5.75. The number of carbonyl (C=O) groups is 1. The molecule has 0 saturated heterocycles. The first-order valence-corrected chi connectivity index (χ1v) is 5.95. The molecule has 18 heavy (non-hydrogen) atoms. The van der Waals surface area contributed by atoms with Crippen LogP contribution >= 0.6 is 0 Å². The van der Waals surface area contributed by atoms with Gasteiger partial charge in [-0.05, 0) is 30.2 Å². The van der Waals surface area contributed by atoms with Crippen LogP contribution in [0, 0.1) is 18.3 Å². The summed E-state index contributed by atoms with van der Waals surface area (Å²) >= 11 is 0. The number of rotatable bonds is 5. The Morgan fingerprint density at radius 2 is 2.17 bits per heavy atom. The maximum Gasteiger partial charge on any atom is 0.223 e. The smallest absolute Gasteiger partial charge is 0.223 e. The monoisotopic (exact) mass is 245 g/mol. The Bertz CT molecular complexity index is 461. The van der Waals surface area contributed by atoms with Crippen molar-refractivity contribution in [2.24, 2.45) is 0 Å². The second-order valence-electron chi connectivity index (χ2n) is 4.47. The van der Waals surface area contributed by atoms with Crippen molar-refractivity contribution in [2.45, 2.75) is 19.9 Å². The van der Waals surface area contributed by atoms with Crippen molar-refractivity contribution in [1.82, 2.24) is 10.2 Å². The number of nitriles is 1. The number of nitrogens with zero attached hydrogens (tertiary/aromatic N) is 2. The van der Waals surface area contributed by atoms with Crippen LogP contribution in [0.2, 0.25) is 0 Å². The summed E-state index contributed by atoms with van der Waals surface area (Å²) in [6, 6.07) is 7.76. The highest BCUT2D eigenvalue weighted by Gasteiger charge is 2.03. The summed E-state index contributed by atoms with van der Waals surface area (Å²) < 4.78 is 0. The molecule has 0 aliphatic carbocycles. The number of hydrogen-bond acceptors (Lipinski definition) is 3. The van der Waals surface area contributed by atoms with Crippen LogP contribution in [0.3, 0.4) is 0 Å². The molecule has 0 spiro atoms. The van der Waals surface area contributed by atoms with E-state index in [2.05, 4.69) is 11.4 Å². The molecule has 0 unspecified atom stereocenters. The molecule has 1 aromatic carbocycles. The molecule has 0 aliphatic rings. The largest absolute Gasteiger partial charge is 0.349 e. The zero-order valence-electron chi connectivity index (χ0n) is 11.2. The highest BCUT2D eigenvalue weighted by Crippen LogP contribution is 2.10. The van der Waals surface area contributed by atoms with E-state index in [1.165, 1.54) is 0 Å². The molecule has 0 heterocycles. The molecule has 4 nitrogen and oxygen atoms in total. The molecule has 1 rings (SSSR count). The summed E-state index contributed by atoms with van der Waals surface area (Å²) in [7, 11) is 3.51. The lowest BCUT2D eigenvalue weighted by atomic mass is 10.1. The molecular weight excluding hydrogens is 226 g/mol. The molecule has 1 aromatic rings. The predicted molar refractivity (Wildman–Crippen MR) is 70.9 cm³/mol. The fourth-order valence-corrected chi connectivity index (χ4v) is 1.61. The first kappa shape index (κ1) is 14.2. The summed E-state index contributed by atoms with van der Waals surface area (Å²) in [6.07, 6.45) is 0.502. The van der Waals surface area contributed by atoms with E-state index >= 15 is 0 Å². The molecule has 1 N–H and O–H groups in total. The zero-order valence-corrected chi connectivity index (χ0v) is 11.2. The second kappa shape index (κ2) is 6.77. The van der Waals surface area contributed by atoms with Gasteiger partial charge in [0.2, 0.25) is 5.91 Å². The highest BCUT2D eigenvalue weighted by atomic mass is 16.2. The summed E-state index contributed by atoms with van der Waals surface area (Å²) in [5.41, 5.74) is 2.94. The molecule has 0 aromatic heterocycles. The third kappa shape index (κ3) is 4.19. The van der Waals surface area contributed by atoms with E-state index in [1.54, 1.807) is 19.0 Å². The van der Waals surface area contributed by atoms with Crippen LogP contribution in [0.5, 0.6) is 0 Å². The molecule has 96 valence electrons. The standard InChI is InChI=1S/C14H19N3O/c1-11-8-12(9-15)4-5-13(11)10-16-7-6-14(18)17(2)3/h4-5,8,16H,6-7,10H2,1-3H3. The zero-order chi connectivity index (χ0) is 13.5. The van der Waals surface area contributed by atoms with Crippen LogP contribution in [0.25, 0.3) is 0 Å². The minimum atomic E-state index is 0.124. The minimum absolute atomic E-state index is 0.124. The van der Waals surface area contributed by atoms with Gasteiger partial charge in [-0.25, -0.2) is 0 Å². The maximum atomic E-state index is 11.4. The van der Waals surface area contributed by atoms with Crippen molar-refractivity contribution in [3.05, 3.63) is 34.9 Å². The Morgan fingerprint density at radius 1 is 1.44 bits per heavy atom. The molecule has 0 atom stereocenters. The number of hydrogen-bond donors (Lipinski definition) is 1. The van der Waals surface area contributed by atoms with Gasteiger partial charge in [0.1, 0.15) is 0 Å². The van der Waals surface area contributed by atoms with Gasteiger partial charge in [-0.1, -0.05) is 6.07 Å². The molecular formula is C14H19N3O. The van der Waals surface area contributed by atoms with Gasteiger partial charge in [0, 0.05) is 33.6 Å². The van der Waals surface area contributed by atoms with Gasteiger partial charge < -0.3 is 10.2 Å². The molecule has 0 bridgehead atoms. The van der Waals surface area contributed by atoms with Crippen LogP contribution in [-0.4, -0.2) is 31.4 Å². The predicted octanol–water partition coefficient (Wildman–Crippen LogP) is 1.43. The number of aryl methyl sites for hydroxylation is 1. The second-order valence-corrected chi connectivity index (χ2v) is 4.47. The number of carbonyl (C=O) groups excluding carboxylic acids is 1. The van der Waals surface area contributed by atoms with Crippen molar-refractivity contribution in [3.8, 4) is 6.07 Å². The van der Waals surface area contributed by atoms with E-state index in [9.17, 15) is 4.79 Å². The average Bonchev–Trinajstić information content (AvgIpc) is 2.35. The molecule has 0 fully saturated rings.